The average molecular weight is 243 g/mol. The number of rotatable bonds is 2. The minimum Gasteiger partial charge on any atom is -0.508 e. The van der Waals surface area contributed by atoms with E-state index in [9.17, 15) is 9.90 Å². The van der Waals surface area contributed by atoms with Crippen molar-refractivity contribution in [2.75, 3.05) is 7.11 Å². The Morgan fingerprint density at radius 1 is 1.62 bits per heavy atom. The van der Waals surface area contributed by atoms with Gasteiger partial charge in [-0.1, -0.05) is 0 Å². The van der Waals surface area contributed by atoms with Crippen LogP contribution in [0.5, 0.6) is 5.75 Å². The first-order valence-electron chi connectivity index (χ1n) is 4.16. The maximum absolute atomic E-state index is 11.1. The number of methoxy groups -OCH3 is 1. The monoisotopic (exact) mass is 242 g/mol. The molecule has 1 atom stereocenters. The number of carbonyl (C=O) groups is 1. The zero-order chi connectivity index (χ0) is 11.4. The molecule has 5 nitrogen and oxygen atoms in total. The Morgan fingerprint density at radius 3 is 2.75 bits per heavy atom. The van der Waals surface area contributed by atoms with E-state index in [4.69, 9.17) is 11.0 Å². The maximum atomic E-state index is 11.1. The molecule has 16 heavy (non-hydrogen) atoms. The van der Waals surface area contributed by atoms with Crippen molar-refractivity contribution in [2.45, 2.75) is 6.04 Å². The number of phenols is 1. The number of phenolic OH excluding ortho intramolecular Hbond substituents is 1. The highest BCUT2D eigenvalue weighted by atomic mass is 35.5. The van der Waals surface area contributed by atoms with Crippen molar-refractivity contribution in [2.24, 2.45) is 5.73 Å². The maximum Gasteiger partial charge on any atom is 0.327 e. The van der Waals surface area contributed by atoms with Gasteiger partial charge in [0.1, 0.15) is 11.8 Å². The third kappa shape index (κ3) is 2.86. The van der Waals surface area contributed by atoms with Crippen LogP contribution in [0.3, 0.4) is 0 Å². The zero-order valence-electron chi connectivity index (χ0n) is 8.51. The average Bonchev–Trinajstić information content (AvgIpc) is 2.27. The number of nitrogens with zero attached hydrogens (tertiary/aromatic N) is 1. The summed E-state index contributed by atoms with van der Waals surface area (Å²) in [5.74, 6) is -0.799. The minimum absolute atomic E-state index is 0. The molecule has 0 aliphatic heterocycles. The fourth-order valence-corrected chi connectivity index (χ4v) is 1.13. The first-order valence-corrected chi connectivity index (χ1v) is 4.16. The van der Waals surface area contributed by atoms with E-state index < -0.39 is 12.0 Å². The van der Waals surface area contributed by atoms with Gasteiger partial charge in [-0.25, -0.2) is 0 Å². The van der Waals surface area contributed by atoms with Gasteiger partial charge in [0.25, 0.3) is 0 Å². The number of ether oxygens (including phenoxy) is 1. The molecule has 0 fully saturated rings. The van der Waals surface area contributed by atoms with Crippen LogP contribution in [-0.4, -0.2) is 18.2 Å². The predicted molar refractivity (Wildman–Crippen MR) is 59.0 cm³/mol. The van der Waals surface area contributed by atoms with Crippen LogP contribution in [0.2, 0.25) is 0 Å². The zero-order valence-corrected chi connectivity index (χ0v) is 9.32. The van der Waals surface area contributed by atoms with Gasteiger partial charge in [-0.05, 0) is 18.2 Å². The molecule has 0 aliphatic rings. The molecule has 6 heteroatoms. The topological polar surface area (TPSA) is 96.3 Å². The number of carbonyl (C=O) groups excluding carboxylic acids is 1. The molecule has 0 aliphatic carbocycles. The van der Waals surface area contributed by atoms with Gasteiger partial charge in [0.2, 0.25) is 0 Å². The summed E-state index contributed by atoms with van der Waals surface area (Å²) in [6.45, 7) is 0. The summed E-state index contributed by atoms with van der Waals surface area (Å²) in [6.07, 6.45) is 0. The molecule has 0 amide bonds. The number of esters is 1. The Kier molecular flexibility index (Phi) is 5.30. The normalized spacial score (nSPS) is 10.8. The van der Waals surface area contributed by atoms with E-state index in [1.807, 2.05) is 6.07 Å². The second-order valence-corrected chi connectivity index (χ2v) is 2.89. The summed E-state index contributed by atoms with van der Waals surface area (Å²) in [5, 5.41) is 18.1. The molecular formula is C10H11ClN2O3. The van der Waals surface area contributed by atoms with Gasteiger partial charge in [0.05, 0.1) is 18.7 Å². The number of hydrogen-bond acceptors (Lipinski definition) is 5. The third-order valence-corrected chi connectivity index (χ3v) is 1.95. The Labute approximate surface area is 98.8 Å². The fourth-order valence-electron chi connectivity index (χ4n) is 1.13. The van der Waals surface area contributed by atoms with Crippen molar-refractivity contribution >= 4 is 18.4 Å². The highest BCUT2D eigenvalue weighted by Crippen LogP contribution is 2.24. The van der Waals surface area contributed by atoms with Crippen LogP contribution in [0.15, 0.2) is 18.2 Å². The summed E-state index contributed by atoms with van der Waals surface area (Å²) in [4.78, 5) is 11.1. The van der Waals surface area contributed by atoms with Crippen LogP contribution in [0.25, 0.3) is 0 Å². The molecule has 0 saturated heterocycles. The Bertz CT molecular complexity index is 429. The van der Waals surface area contributed by atoms with E-state index in [0.29, 0.717) is 5.56 Å². The predicted octanol–water partition coefficient (Wildman–Crippen LogP) is 0.858. The Balaban J connectivity index is 0.00000225. The van der Waals surface area contributed by atoms with Crippen molar-refractivity contribution in [3.63, 3.8) is 0 Å². The second kappa shape index (κ2) is 5.95. The van der Waals surface area contributed by atoms with Crippen molar-refractivity contribution in [1.29, 1.82) is 5.26 Å². The second-order valence-electron chi connectivity index (χ2n) is 2.89. The molecule has 0 heterocycles. The SMILES string of the molecule is COC(=O)[C@@H](N)c1cc(C#N)ccc1O.Cl. The molecule has 1 aromatic carbocycles. The summed E-state index contributed by atoms with van der Waals surface area (Å²) in [6, 6.07) is 4.91. The van der Waals surface area contributed by atoms with Crippen molar-refractivity contribution < 1.29 is 14.6 Å². The number of nitriles is 1. The van der Waals surface area contributed by atoms with Gasteiger partial charge in [-0.2, -0.15) is 5.26 Å². The molecule has 0 radical (unpaired) electrons. The summed E-state index contributed by atoms with van der Waals surface area (Å²) < 4.78 is 4.44. The van der Waals surface area contributed by atoms with E-state index in [-0.39, 0.29) is 23.7 Å². The quantitative estimate of drug-likeness (QED) is 0.750. The van der Waals surface area contributed by atoms with Gasteiger partial charge in [0, 0.05) is 5.56 Å². The summed E-state index contributed by atoms with van der Waals surface area (Å²) in [5.41, 5.74) is 6.03. The lowest BCUT2D eigenvalue weighted by Crippen LogP contribution is -2.22. The third-order valence-electron chi connectivity index (χ3n) is 1.95. The number of nitrogens with two attached hydrogens (primary N) is 1. The van der Waals surface area contributed by atoms with E-state index in [2.05, 4.69) is 4.74 Å². The largest absolute Gasteiger partial charge is 0.508 e. The number of benzene rings is 1. The molecule has 0 bridgehead atoms. The van der Waals surface area contributed by atoms with Gasteiger partial charge >= 0.3 is 5.97 Å². The molecule has 1 rings (SSSR count). The van der Waals surface area contributed by atoms with Gasteiger partial charge in [-0.3, -0.25) is 4.79 Å². The van der Waals surface area contributed by atoms with Crippen LogP contribution in [0.1, 0.15) is 17.2 Å². The van der Waals surface area contributed by atoms with E-state index >= 15 is 0 Å². The molecular weight excluding hydrogens is 232 g/mol. The number of hydrogen-bond donors (Lipinski definition) is 2. The summed E-state index contributed by atoms with van der Waals surface area (Å²) >= 11 is 0. The molecule has 0 aromatic heterocycles. The van der Waals surface area contributed by atoms with E-state index in [1.165, 1.54) is 25.3 Å². The number of halogens is 1. The fraction of sp³-hybridized carbons (Fsp3) is 0.200. The van der Waals surface area contributed by atoms with Gasteiger partial charge in [0.15, 0.2) is 0 Å². The van der Waals surface area contributed by atoms with Crippen molar-refractivity contribution in [3.05, 3.63) is 29.3 Å². The van der Waals surface area contributed by atoms with E-state index in [1.54, 1.807) is 0 Å². The van der Waals surface area contributed by atoms with Crippen LogP contribution in [0.4, 0.5) is 0 Å². The van der Waals surface area contributed by atoms with Crippen LogP contribution < -0.4 is 5.73 Å². The van der Waals surface area contributed by atoms with Crippen molar-refractivity contribution in [1.82, 2.24) is 0 Å². The first-order chi connectivity index (χ1) is 7.10. The Morgan fingerprint density at radius 2 is 2.25 bits per heavy atom. The van der Waals surface area contributed by atoms with Gasteiger partial charge < -0.3 is 15.6 Å². The lowest BCUT2D eigenvalue weighted by Gasteiger charge is -2.11. The van der Waals surface area contributed by atoms with Crippen LogP contribution >= 0.6 is 12.4 Å². The van der Waals surface area contributed by atoms with Crippen LogP contribution in [-0.2, 0) is 9.53 Å². The molecule has 0 unspecified atom stereocenters. The van der Waals surface area contributed by atoms with Crippen molar-refractivity contribution in [3.8, 4) is 11.8 Å². The highest BCUT2D eigenvalue weighted by molar-refractivity contribution is 5.85. The van der Waals surface area contributed by atoms with Gasteiger partial charge in [-0.15, -0.1) is 12.4 Å². The first kappa shape index (κ1) is 14.2. The smallest absolute Gasteiger partial charge is 0.327 e. The number of aromatic hydroxyl groups is 1. The molecule has 86 valence electrons. The molecule has 3 N–H and O–H groups in total. The lowest BCUT2D eigenvalue weighted by molar-refractivity contribution is -0.142. The highest BCUT2D eigenvalue weighted by Gasteiger charge is 2.19. The van der Waals surface area contributed by atoms with E-state index in [0.717, 1.165) is 0 Å². The molecule has 1 aromatic rings. The lowest BCUT2D eigenvalue weighted by atomic mass is 10.0. The molecule has 0 saturated carbocycles. The minimum atomic E-state index is -1.08. The molecule has 0 spiro atoms. The Hall–Kier alpha value is -1.77. The standard InChI is InChI=1S/C10H10N2O3.ClH/c1-15-10(14)9(12)7-4-6(5-11)2-3-8(7)13;/h2-4,9,13H,12H2,1H3;1H/t9-;/m0./s1. The summed E-state index contributed by atoms with van der Waals surface area (Å²) in [7, 11) is 1.20. The van der Waals surface area contributed by atoms with Crippen LogP contribution in [0, 0.1) is 11.3 Å².